The predicted octanol–water partition coefficient (Wildman–Crippen LogP) is 6.49. The van der Waals surface area contributed by atoms with Crippen molar-refractivity contribution >= 4 is 11.0 Å². The third-order valence-corrected chi connectivity index (χ3v) is 9.18. The number of pyridine rings is 1. The zero-order valence-corrected chi connectivity index (χ0v) is 22.3. The summed E-state index contributed by atoms with van der Waals surface area (Å²) in [6, 6.07) is 3.98. The molecule has 0 amide bonds. The summed E-state index contributed by atoms with van der Waals surface area (Å²) in [5.41, 5.74) is 2.19. The summed E-state index contributed by atoms with van der Waals surface area (Å²) in [6.07, 6.45) is 0. The molecular formula is C28H37N3O3. The van der Waals surface area contributed by atoms with Gasteiger partial charge in [0.15, 0.2) is 5.72 Å². The molecule has 0 unspecified atom stereocenters. The highest BCUT2D eigenvalue weighted by atomic mass is 16.5. The summed E-state index contributed by atoms with van der Waals surface area (Å²) in [6.45, 7) is 23.2. The van der Waals surface area contributed by atoms with Gasteiger partial charge in [-0.05, 0) is 42.2 Å². The molecule has 0 spiro atoms. The fraction of sp³-hybridized carbons (Fsp3) is 0.571. The van der Waals surface area contributed by atoms with Crippen LogP contribution >= 0.6 is 0 Å². The fourth-order valence-electron chi connectivity index (χ4n) is 5.99. The third kappa shape index (κ3) is 2.47. The average molecular weight is 464 g/mol. The van der Waals surface area contributed by atoms with Crippen molar-refractivity contribution in [2.24, 2.45) is 5.41 Å². The maximum Gasteiger partial charge on any atom is 0.226 e. The molecule has 0 saturated heterocycles. The number of benzene rings is 1. The second-order valence-electron chi connectivity index (χ2n) is 13.1. The first-order valence-corrected chi connectivity index (χ1v) is 12.1. The molecule has 1 aliphatic carbocycles. The van der Waals surface area contributed by atoms with E-state index < -0.39 is 5.72 Å². The van der Waals surface area contributed by atoms with Crippen LogP contribution in [0, 0.1) is 5.41 Å². The lowest BCUT2D eigenvalue weighted by molar-refractivity contribution is 0.0247. The Balaban J connectivity index is 1.90. The van der Waals surface area contributed by atoms with E-state index in [4.69, 9.17) is 14.7 Å². The minimum absolute atomic E-state index is 0.124. The number of nitrogens with zero attached hydrogens (tertiary/aromatic N) is 3. The molecule has 3 heterocycles. The number of aromatic nitrogens is 3. The van der Waals surface area contributed by atoms with Crippen molar-refractivity contribution in [3.8, 4) is 28.8 Å². The normalized spacial score (nSPS) is 21.0. The van der Waals surface area contributed by atoms with Crippen molar-refractivity contribution in [2.45, 2.75) is 98.1 Å². The van der Waals surface area contributed by atoms with E-state index in [0.717, 1.165) is 22.4 Å². The average Bonchev–Trinajstić information content (AvgIpc) is 3.15. The Bertz CT molecular complexity index is 1380. The molecular weight excluding hydrogens is 426 g/mol. The van der Waals surface area contributed by atoms with Gasteiger partial charge >= 0.3 is 0 Å². The van der Waals surface area contributed by atoms with E-state index >= 15 is 0 Å². The molecule has 0 fully saturated rings. The van der Waals surface area contributed by atoms with Gasteiger partial charge in [-0.1, -0.05) is 62.3 Å². The van der Waals surface area contributed by atoms with Crippen molar-refractivity contribution in [3.63, 3.8) is 0 Å². The Morgan fingerprint density at radius 3 is 1.94 bits per heavy atom. The van der Waals surface area contributed by atoms with Crippen LogP contribution < -0.4 is 4.74 Å². The molecule has 6 heteroatoms. The molecule has 2 aliphatic rings. The summed E-state index contributed by atoms with van der Waals surface area (Å²) < 4.78 is 8.32. The monoisotopic (exact) mass is 463 g/mol. The molecule has 0 saturated carbocycles. The number of fused-ring (bicyclic) bond motifs is 6. The van der Waals surface area contributed by atoms with Crippen molar-refractivity contribution in [3.05, 3.63) is 29.0 Å². The summed E-state index contributed by atoms with van der Waals surface area (Å²) in [5.74, 6) is 1.47. The smallest absolute Gasteiger partial charge is 0.226 e. The van der Waals surface area contributed by atoms with E-state index in [2.05, 4.69) is 62.3 Å². The maximum atomic E-state index is 11.8. The predicted molar refractivity (Wildman–Crippen MR) is 135 cm³/mol. The van der Waals surface area contributed by atoms with Gasteiger partial charge in [-0.2, -0.15) is 0 Å². The number of hydrogen-bond donors (Lipinski definition) is 2. The maximum absolute atomic E-state index is 11.8. The van der Waals surface area contributed by atoms with Crippen LogP contribution in [0.15, 0.2) is 12.1 Å². The molecule has 34 heavy (non-hydrogen) atoms. The van der Waals surface area contributed by atoms with Crippen LogP contribution in [-0.2, 0) is 22.0 Å². The molecule has 0 radical (unpaired) electrons. The minimum atomic E-state index is -0.869. The summed E-state index contributed by atoms with van der Waals surface area (Å²) >= 11 is 0. The minimum Gasteiger partial charge on any atom is -0.505 e. The lowest BCUT2D eigenvalue weighted by Crippen LogP contribution is -2.42. The number of rotatable bonds is 0. The molecule has 2 aromatic heterocycles. The molecule has 3 aromatic rings. The van der Waals surface area contributed by atoms with Gasteiger partial charge in [-0.25, -0.2) is 9.97 Å². The highest BCUT2D eigenvalue weighted by Crippen LogP contribution is 2.67. The molecule has 0 atom stereocenters. The SMILES string of the molecule is CC(C)(C)c1ccc2c(n1)OC(C)(C)n1c-2nc2c(O)c3c(c(O)c21)C(C)(C)C(C)(C)C3(C)C. The number of hydrogen-bond acceptors (Lipinski definition) is 5. The number of phenols is 2. The van der Waals surface area contributed by atoms with Crippen LogP contribution in [0.4, 0.5) is 0 Å². The van der Waals surface area contributed by atoms with Crippen LogP contribution in [0.2, 0.25) is 0 Å². The first-order chi connectivity index (χ1) is 15.4. The molecule has 6 nitrogen and oxygen atoms in total. The Kier molecular flexibility index (Phi) is 4.11. The van der Waals surface area contributed by atoms with Crippen LogP contribution in [-0.4, -0.2) is 24.7 Å². The summed E-state index contributed by atoms with van der Waals surface area (Å²) in [7, 11) is 0. The van der Waals surface area contributed by atoms with E-state index in [1.165, 1.54) is 0 Å². The van der Waals surface area contributed by atoms with E-state index in [0.29, 0.717) is 22.7 Å². The molecule has 1 aliphatic heterocycles. The fourth-order valence-corrected chi connectivity index (χ4v) is 5.99. The van der Waals surface area contributed by atoms with Gasteiger partial charge in [-0.15, -0.1) is 0 Å². The zero-order valence-electron chi connectivity index (χ0n) is 22.3. The zero-order chi connectivity index (χ0) is 25.4. The van der Waals surface area contributed by atoms with Gasteiger partial charge in [0.05, 0.1) is 5.56 Å². The van der Waals surface area contributed by atoms with Crippen molar-refractivity contribution < 1.29 is 14.9 Å². The first kappa shape index (κ1) is 23.0. The summed E-state index contributed by atoms with van der Waals surface area (Å²) in [4.78, 5) is 9.74. The van der Waals surface area contributed by atoms with Gasteiger partial charge in [0.1, 0.15) is 28.4 Å². The van der Waals surface area contributed by atoms with Crippen molar-refractivity contribution in [2.75, 3.05) is 0 Å². The second kappa shape index (κ2) is 6.07. The third-order valence-electron chi connectivity index (χ3n) is 9.18. The van der Waals surface area contributed by atoms with Gasteiger partial charge in [-0.3, -0.25) is 4.57 Å². The van der Waals surface area contributed by atoms with E-state index in [9.17, 15) is 10.2 Å². The quantitative estimate of drug-likeness (QED) is 0.373. The molecule has 0 bridgehead atoms. The molecule has 1 aromatic carbocycles. The van der Waals surface area contributed by atoms with Crippen molar-refractivity contribution in [1.29, 1.82) is 0 Å². The van der Waals surface area contributed by atoms with Gasteiger partial charge < -0.3 is 14.9 Å². The first-order valence-electron chi connectivity index (χ1n) is 12.1. The van der Waals surface area contributed by atoms with E-state index in [-0.39, 0.29) is 33.2 Å². The van der Waals surface area contributed by atoms with Crippen molar-refractivity contribution in [1.82, 2.24) is 14.5 Å². The van der Waals surface area contributed by atoms with Crippen LogP contribution in [0.3, 0.4) is 0 Å². The molecule has 2 N–H and O–H groups in total. The topological polar surface area (TPSA) is 80.4 Å². The largest absolute Gasteiger partial charge is 0.505 e. The Morgan fingerprint density at radius 1 is 0.824 bits per heavy atom. The number of ether oxygens (including phenoxy) is 1. The lowest BCUT2D eigenvalue weighted by Gasteiger charge is -2.44. The second-order valence-corrected chi connectivity index (χ2v) is 13.1. The standard InChI is InChI=1S/C28H37N3O3/c1-24(2,3)15-13-12-14-22-30-18-19(31(22)28(10,11)34-23(14)29-15)21(33)17-16(20(18)32)25(4,5)27(8,9)26(17,6)7/h12-13,32-33H,1-11H3. The van der Waals surface area contributed by atoms with Gasteiger partial charge in [0.25, 0.3) is 0 Å². The Hall–Kier alpha value is -2.76. The Morgan fingerprint density at radius 2 is 1.38 bits per heavy atom. The van der Waals surface area contributed by atoms with Crippen LogP contribution in [0.5, 0.6) is 17.4 Å². The molecule has 5 rings (SSSR count). The summed E-state index contributed by atoms with van der Waals surface area (Å²) in [5, 5.41) is 23.5. The number of imidazole rings is 1. The Labute approximate surface area is 202 Å². The number of phenolic OH excluding ortho intramolecular Hbond substituents is 2. The van der Waals surface area contributed by atoms with Gasteiger partial charge in [0.2, 0.25) is 5.88 Å². The number of aromatic hydroxyl groups is 2. The van der Waals surface area contributed by atoms with E-state index in [1.54, 1.807) is 0 Å². The van der Waals surface area contributed by atoms with Crippen LogP contribution in [0.1, 0.15) is 93.0 Å². The highest BCUT2D eigenvalue weighted by molar-refractivity contribution is 5.95. The van der Waals surface area contributed by atoms with E-state index in [1.807, 2.05) is 30.5 Å². The van der Waals surface area contributed by atoms with Gasteiger partial charge in [0, 0.05) is 22.2 Å². The van der Waals surface area contributed by atoms with Crippen LogP contribution in [0.25, 0.3) is 22.4 Å². The molecule has 182 valence electrons. The highest BCUT2D eigenvalue weighted by Gasteiger charge is 2.60. The lowest BCUT2D eigenvalue weighted by atomic mass is 9.59.